The number of benzene rings is 1. The Labute approximate surface area is 186 Å². The van der Waals surface area contributed by atoms with Crippen LogP contribution in [0.15, 0.2) is 12.1 Å². The third-order valence-electron chi connectivity index (χ3n) is 6.79. The Morgan fingerprint density at radius 2 is 1.61 bits per heavy atom. The van der Waals surface area contributed by atoms with Gasteiger partial charge >= 0.3 is 0 Å². The monoisotopic (exact) mass is 423 g/mol. The van der Waals surface area contributed by atoms with Gasteiger partial charge in [-0.25, -0.2) is 4.98 Å². The Morgan fingerprint density at radius 1 is 0.968 bits per heavy atom. The lowest BCUT2D eigenvalue weighted by Crippen LogP contribution is -2.37. The highest BCUT2D eigenvalue weighted by Gasteiger charge is 2.24. The molecule has 1 saturated carbocycles. The fourth-order valence-corrected chi connectivity index (χ4v) is 5.04. The Balaban J connectivity index is 1.32. The quantitative estimate of drug-likeness (QED) is 0.645. The van der Waals surface area contributed by atoms with Crippen molar-refractivity contribution in [3.63, 3.8) is 0 Å². The molecule has 2 aliphatic rings. The fraction of sp³-hybridized carbons (Fsp3) is 0.600. The average molecular weight is 424 g/mol. The Bertz CT molecular complexity index is 895. The molecular formula is C25H37N5O. The first kappa shape index (κ1) is 21.9. The molecule has 2 aromatic rings. The van der Waals surface area contributed by atoms with Crippen LogP contribution < -0.4 is 15.5 Å². The summed E-state index contributed by atoms with van der Waals surface area (Å²) in [5.41, 5.74) is 5.72. The van der Waals surface area contributed by atoms with E-state index in [1.807, 2.05) is 13.8 Å². The lowest BCUT2D eigenvalue weighted by atomic mass is 9.91. The highest BCUT2D eigenvalue weighted by molar-refractivity contribution is 5.53. The van der Waals surface area contributed by atoms with E-state index in [0.717, 1.165) is 68.0 Å². The van der Waals surface area contributed by atoms with E-state index in [2.05, 4.69) is 41.8 Å². The number of phenolic OH excluding ortho intramolecular Hbond substituents is 1. The number of fused-ring (bicyclic) bond motifs is 1. The number of aryl methyl sites for hydroxylation is 3. The van der Waals surface area contributed by atoms with E-state index in [4.69, 9.17) is 9.97 Å². The van der Waals surface area contributed by atoms with Gasteiger partial charge in [0.1, 0.15) is 11.6 Å². The first-order chi connectivity index (χ1) is 14.9. The molecule has 31 heavy (non-hydrogen) atoms. The van der Waals surface area contributed by atoms with Crippen LogP contribution in [0.3, 0.4) is 0 Å². The van der Waals surface area contributed by atoms with Crippen molar-refractivity contribution >= 4 is 11.8 Å². The highest BCUT2D eigenvalue weighted by Crippen LogP contribution is 2.29. The maximum atomic E-state index is 9.97. The number of hydrogen-bond donors (Lipinski definition) is 3. The zero-order valence-electron chi connectivity index (χ0n) is 19.5. The Morgan fingerprint density at radius 3 is 2.29 bits per heavy atom. The number of aromatic nitrogens is 2. The van der Waals surface area contributed by atoms with Gasteiger partial charge < -0.3 is 20.6 Å². The third-order valence-corrected chi connectivity index (χ3v) is 6.79. The minimum atomic E-state index is 0.414. The van der Waals surface area contributed by atoms with Gasteiger partial charge in [0.2, 0.25) is 5.95 Å². The van der Waals surface area contributed by atoms with Gasteiger partial charge in [-0.1, -0.05) is 12.1 Å². The van der Waals surface area contributed by atoms with E-state index in [1.54, 1.807) is 0 Å². The molecule has 1 aromatic carbocycles. The minimum Gasteiger partial charge on any atom is -0.507 e. The Kier molecular flexibility index (Phi) is 6.65. The lowest BCUT2D eigenvalue weighted by Gasteiger charge is -2.30. The molecule has 3 N–H and O–H groups in total. The van der Waals surface area contributed by atoms with E-state index in [-0.39, 0.29) is 0 Å². The largest absolute Gasteiger partial charge is 0.507 e. The number of anilines is 2. The number of phenols is 1. The van der Waals surface area contributed by atoms with Gasteiger partial charge in [0, 0.05) is 38.3 Å². The summed E-state index contributed by atoms with van der Waals surface area (Å²) in [6.45, 7) is 4.78. The Hall–Kier alpha value is -2.34. The number of aromatic hydroxyl groups is 1. The van der Waals surface area contributed by atoms with Crippen molar-refractivity contribution in [2.24, 2.45) is 0 Å². The van der Waals surface area contributed by atoms with Crippen molar-refractivity contribution < 1.29 is 5.11 Å². The predicted octanol–water partition coefficient (Wildman–Crippen LogP) is 4.26. The maximum absolute atomic E-state index is 9.97. The third kappa shape index (κ3) is 5.12. The zero-order chi connectivity index (χ0) is 22.0. The molecule has 1 aromatic heterocycles. The van der Waals surface area contributed by atoms with E-state index < -0.39 is 0 Å². The second-order valence-corrected chi connectivity index (χ2v) is 9.55. The standard InChI is InChI=1S/C25H37N5O/c1-16-13-18(14-17(2)23(16)31)15-26-19-9-11-20(12-10-19)27-25-28-22-8-6-5-7-21(22)24(29-25)30(3)4/h13-14,19-20,26,31H,5-12,15H2,1-4H3,(H,27,28,29). The van der Waals surface area contributed by atoms with Crippen LogP contribution in [0, 0.1) is 13.8 Å². The number of nitrogens with zero attached hydrogens (tertiary/aromatic N) is 3. The van der Waals surface area contributed by atoms with E-state index in [9.17, 15) is 5.11 Å². The fourth-order valence-electron chi connectivity index (χ4n) is 5.04. The summed E-state index contributed by atoms with van der Waals surface area (Å²) in [6.07, 6.45) is 9.20. The average Bonchev–Trinajstić information content (AvgIpc) is 2.76. The second-order valence-electron chi connectivity index (χ2n) is 9.55. The molecule has 0 atom stereocenters. The van der Waals surface area contributed by atoms with Crippen LogP contribution in [0.1, 0.15) is 66.5 Å². The lowest BCUT2D eigenvalue weighted by molar-refractivity contribution is 0.352. The second kappa shape index (κ2) is 9.43. The summed E-state index contributed by atoms with van der Waals surface area (Å²) in [5.74, 6) is 2.30. The summed E-state index contributed by atoms with van der Waals surface area (Å²) >= 11 is 0. The van der Waals surface area contributed by atoms with Crippen LogP contribution in [0.2, 0.25) is 0 Å². The molecule has 0 bridgehead atoms. The molecule has 1 heterocycles. The first-order valence-electron chi connectivity index (χ1n) is 11.8. The molecule has 0 amide bonds. The van der Waals surface area contributed by atoms with Crippen LogP contribution in [0.5, 0.6) is 5.75 Å². The first-order valence-corrected chi connectivity index (χ1v) is 11.8. The molecule has 168 valence electrons. The molecule has 1 fully saturated rings. The van der Waals surface area contributed by atoms with Crippen LogP contribution >= 0.6 is 0 Å². The van der Waals surface area contributed by atoms with Crippen molar-refractivity contribution in [3.8, 4) is 5.75 Å². The van der Waals surface area contributed by atoms with Crippen molar-refractivity contribution in [1.29, 1.82) is 0 Å². The van der Waals surface area contributed by atoms with Crippen molar-refractivity contribution in [2.75, 3.05) is 24.3 Å². The van der Waals surface area contributed by atoms with Crippen LogP contribution in [-0.2, 0) is 19.4 Å². The SMILES string of the molecule is Cc1cc(CNC2CCC(Nc3nc4c(c(N(C)C)n3)CCCC4)CC2)cc(C)c1O. The molecule has 0 unspecified atom stereocenters. The smallest absolute Gasteiger partial charge is 0.225 e. The van der Waals surface area contributed by atoms with Gasteiger partial charge in [-0.05, 0) is 81.9 Å². The van der Waals surface area contributed by atoms with Gasteiger partial charge in [0.15, 0.2) is 0 Å². The van der Waals surface area contributed by atoms with Crippen molar-refractivity contribution in [2.45, 2.75) is 83.8 Å². The number of hydrogen-bond acceptors (Lipinski definition) is 6. The molecule has 4 rings (SSSR count). The van der Waals surface area contributed by atoms with Gasteiger partial charge in [0.05, 0.1) is 5.69 Å². The van der Waals surface area contributed by atoms with Crippen LogP contribution in [0.4, 0.5) is 11.8 Å². The summed E-state index contributed by atoms with van der Waals surface area (Å²) in [6, 6.07) is 5.14. The van der Waals surface area contributed by atoms with Crippen molar-refractivity contribution in [3.05, 3.63) is 40.1 Å². The minimum absolute atomic E-state index is 0.414. The van der Waals surface area contributed by atoms with Crippen LogP contribution in [-0.4, -0.2) is 41.3 Å². The molecule has 6 nitrogen and oxygen atoms in total. The normalized spacial score (nSPS) is 20.9. The molecular weight excluding hydrogens is 386 g/mol. The topological polar surface area (TPSA) is 73.3 Å². The maximum Gasteiger partial charge on any atom is 0.225 e. The summed E-state index contributed by atoms with van der Waals surface area (Å²) in [7, 11) is 4.16. The molecule has 0 aliphatic heterocycles. The molecule has 0 spiro atoms. The van der Waals surface area contributed by atoms with Gasteiger partial charge in [0.25, 0.3) is 0 Å². The van der Waals surface area contributed by atoms with E-state index in [0.29, 0.717) is 17.8 Å². The number of rotatable bonds is 6. The zero-order valence-corrected chi connectivity index (χ0v) is 19.5. The van der Waals surface area contributed by atoms with E-state index in [1.165, 1.54) is 29.7 Å². The molecule has 0 radical (unpaired) electrons. The van der Waals surface area contributed by atoms with Gasteiger partial charge in [-0.2, -0.15) is 4.98 Å². The van der Waals surface area contributed by atoms with E-state index >= 15 is 0 Å². The molecule has 6 heteroatoms. The molecule has 2 aliphatic carbocycles. The van der Waals surface area contributed by atoms with Crippen LogP contribution in [0.25, 0.3) is 0 Å². The summed E-state index contributed by atoms with van der Waals surface area (Å²) in [5, 5.41) is 17.3. The number of nitrogens with one attached hydrogen (secondary N) is 2. The summed E-state index contributed by atoms with van der Waals surface area (Å²) in [4.78, 5) is 11.9. The van der Waals surface area contributed by atoms with Gasteiger partial charge in [-0.3, -0.25) is 0 Å². The summed E-state index contributed by atoms with van der Waals surface area (Å²) < 4.78 is 0. The highest BCUT2D eigenvalue weighted by atomic mass is 16.3. The molecule has 0 saturated heterocycles. The van der Waals surface area contributed by atoms with Crippen molar-refractivity contribution in [1.82, 2.24) is 15.3 Å². The predicted molar refractivity (Wildman–Crippen MR) is 127 cm³/mol. The van der Waals surface area contributed by atoms with Gasteiger partial charge in [-0.15, -0.1) is 0 Å².